The zero-order valence-corrected chi connectivity index (χ0v) is 38.5. The number of nitrogens with zero attached hydrogens (tertiary/aromatic N) is 1. The standard InChI is InChI=1S/C55H71N/c1-34-44(35-25-37(50(2,3)4)29-38(26-35)51(5,6)7)23-24-47-48(34)49-45(36-27-39(52(8,9)10)30-40(28-36)53(11,12)13)21-20-22-46(49)56(47)43-32-41(54(14,15)16)31-42(33-43)55(17,18)19/h20-33H,1-19H3. The molecule has 1 nitrogen and oxygen atoms in total. The Bertz CT molecular complexity index is 2360. The molecule has 0 atom stereocenters. The molecule has 296 valence electrons. The lowest BCUT2D eigenvalue weighted by Gasteiger charge is -2.27. The molecule has 0 aliphatic heterocycles. The van der Waals surface area contributed by atoms with E-state index in [1.165, 1.54) is 88.7 Å². The van der Waals surface area contributed by atoms with Gasteiger partial charge in [-0.3, -0.25) is 0 Å². The first-order valence-corrected chi connectivity index (χ1v) is 21.0. The van der Waals surface area contributed by atoms with Crippen LogP contribution in [0, 0.1) is 6.92 Å². The van der Waals surface area contributed by atoms with Crippen LogP contribution in [0.5, 0.6) is 0 Å². The van der Waals surface area contributed by atoms with Crippen LogP contribution >= 0.6 is 0 Å². The molecular weight excluding hydrogens is 675 g/mol. The van der Waals surface area contributed by atoms with Crippen LogP contribution in [-0.2, 0) is 32.5 Å². The second kappa shape index (κ2) is 13.5. The number of rotatable bonds is 3. The molecule has 0 aliphatic rings. The molecule has 0 amide bonds. The zero-order chi connectivity index (χ0) is 41.7. The Labute approximate surface area is 341 Å². The van der Waals surface area contributed by atoms with Crippen molar-refractivity contribution in [3.05, 3.63) is 124 Å². The van der Waals surface area contributed by atoms with Crippen LogP contribution in [0.3, 0.4) is 0 Å². The van der Waals surface area contributed by atoms with Gasteiger partial charge in [-0.25, -0.2) is 0 Å². The SMILES string of the molecule is Cc1c(-c2cc(C(C)(C)C)cc(C(C)(C)C)c2)ccc2c1c1c(-c3cc(C(C)(C)C)cc(C(C)(C)C)c3)cccc1n2-c1cc(C(C)(C)C)cc(C(C)(C)C)c1. The van der Waals surface area contributed by atoms with E-state index in [-0.39, 0.29) is 32.5 Å². The average molecular weight is 746 g/mol. The molecule has 6 aromatic rings. The second-order valence-corrected chi connectivity index (χ2v) is 23.0. The molecule has 0 saturated heterocycles. The van der Waals surface area contributed by atoms with Gasteiger partial charge in [0, 0.05) is 16.5 Å². The van der Waals surface area contributed by atoms with Gasteiger partial charge in [0.2, 0.25) is 0 Å². The normalized spacial score (nSPS) is 13.6. The number of fused-ring (bicyclic) bond motifs is 3. The van der Waals surface area contributed by atoms with E-state index in [0.717, 1.165) is 0 Å². The van der Waals surface area contributed by atoms with Crippen molar-refractivity contribution in [2.75, 3.05) is 0 Å². The number of hydrogen-bond donors (Lipinski definition) is 0. The Morgan fingerprint density at radius 2 is 0.679 bits per heavy atom. The molecule has 1 aromatic heterocycles. The molecule has 1 heterocycles. The highest BCUT2D eigenvalue weighted by Crippen LogP contribution is 2.46. The molecular formula is C55H71N. The summed E-state index contributed by atoms with van der Waals surface area (Å²) in [5.74, 6) is 0. The van der Waals surface area contributed by atoms with Gasteiger partial charge in [-0.15, -0.1) is 0 Å². The summed E-state index contributed by atoms with van der Waals surface area (Å²) in [5, 5.41) is 2.66. The third-order valence-electron chi connectivity index (χ3n) is 12.1. The lowest BCUT2D eigenvalue weighted by Crippen LogP contribution is -2.17. The van der Waals surface area contributed by atoms with E-state index in [2.05, 4.69) is 221 Å². The van der Waals surface area contributed by atoms with Crippen LogP contribution in [0.15, 0.2) is 84.9 Å². The lowest BCUT2D eigenvalue weighted by atomic mass is 9.78. The minimum absolute atomic E-state index is 0.00258. The van der Waals surface area contributed by atoms with Crippen LogP contribution in [-0.4, -0.2) is 4.57 Å². The highest BCUT2D eigenvalue weighted by molar-refractivity contribution is 6.18. The Morgan fingerprint density at radius 1 is 0.339 bits per heavy atom. The summed E-state index contributed by atoms with van der Waals surface area (Å²) in [6, 6.07) is 33.9. The van der Waals surface area contributed by atoms with Gasteiger partial charge in [-0.1, -0.05) is 185 Å². The second-order valence-electron chi connectivity index (χ2n) is 23.0. The van der Waals surface area contributed by atoms with Gasteiger partial charge in [0.25, 0.3) is 0 Å². The molecule has 0 N–H and O–H groups in total. The number of hydrogen-bond acceptors (Lipinski definition) is 0. The number of aromatic nitrogens is 1. The molecule has 0 spiro atoms. The molecule has 0 unspecified atom stereocenters. The minimum atomic E-state index is 0.00258. The molecule has 0 fully saturated rings. The third kappa shape index (κ3) is 7.90. The minimum Gasteiger partial charge on any atom is -0.309 e. The van der Waals surface area contributed by atoms with Gasteiger partial charge in [0.15, 0.2) is 0 Å². The maximum Gasteiger partial charge on any atom is 0.0547 e. The fourth-order valence-corrected chi connectivity index (χ4v) is 8.05. The van der Waals surface area contributed by atoms with Crippen molar-refractivity contribution in [2.24, 2.45) is 0 Å². The lowest BCUT2D eigenvalue weighted by molar-refractivity contribution is 0.567. The topological polar surface area (TPSA) is 4.93 Å². The van der Waals surface area contributed by atoms with Gasteiger partial charge in [0.05, 0.1) is 11.0 Å². The van der Waals surface area contributed by atoms with Crippen LogP contribution in [0.2, 0.25) is 0 Å². The van der Waals surface area contributed by atoms with Crippen LogP contribution in [0.4, 0.5) is 0 Å². The Kier molecular flexibility index (Phi) is 10.0. The van der Waals surface area contributed by atoms with Crippen molar-refractivity contribution in [1.82, 2.24) is 4.57 Å². The van der Waals surface area contributed by atoms with Gasteiger partial charge < -0.3 is 4.57 Å². The third-order valence-corrected chi connectivity index (χ3v) is 12.1. The molecule has 1 heteroatoms. The quantitative estimate of drug-likeness (QED) is 0.170. The monoisotopic (exact) mass is 746 g/mol. The fourth-order valence-electron chi connectivity index (χ4n) is 8.05. The molecule has 6 rings (SSSR count). The average Bonchev–Trinajstić information content (AvgIpc) is 3.41. The van der Waals surface area contributed by atoms with E-state index in [0.29, 0.717) is 0 Å². The Balaban J connectivity index is 1.82. The molecule has 0 radical (unpaired) electrons. The molecule has 0 aliphatic carbocycles. The fraction of sp³-hybridized carbons (Fsp3) is 0.455. The predicted octanol–water partition coefficient (Wildman–Crippen LogP) is 16.2. The van der Waals surface area contributed by atoms with Gasteiger partial charge >= 0.3 is 0 Å². The van der Waals surface area contributed by atoms with Crippen molar-refractivity contribution >= 4 is 21.8 Å². The van der Waals surface area contributed by atoms with E-state index >= 15 is 0 Å². The van der Waals surface area contributed by atoms with Crippen molar-refractivity contribution in [1.29, 1.82) is 0 Å². The summed E-state index contributed by atoms with van der Waals surface area (Å²) in [6.07, 6.45) is 0. The zero-order valence-electron chi connectivity index (χ0n) is 38.5. The first kappa shape index (κ1) is 41.5. The number of benzene rings is 5. The van der Waals surface area contributed by atoms with Gasteiger partial charge in [0.1, 0.15) is 0 Å². The highest BCUT2D eigenvalue weighted by atomic mass is 15.0. The Morgan fingerprint density at radius 3 is 1.05 bits per heavy atom. The van der Waals surface area contributed by atoms with Crippen LogP contribution in [0.25, 0.3) is 49.7 Å². The predicted molar refractivity (Wildman–Crippen MR) is 249 cm³/mol. The summed E-state index contributed by atoms with van der Waals surface area (Å²) in [7, 11) is 0. The molecule has 0 bridgehead atoms. The molecule has 0 saturated carbocycles. The van der Waals surface area contributed by atoms with Crippen molar-refractivity contribution < 1.29 is 0 Å². The maximum atomic E-state index is 2.57. The maximum absolute atomic E-state index is 2.57. The summed E-state index contributed by atoms with van der Waals surface area (Å²) < 4.78 is 2.57. The smallest absolute Gasteiger partial charge is 0.0547 e. The molecule has 56 heavy (non-hydrogen) atoms. The van der Waals surface area contributed by atoms with Crippen LogP contribution in [0.1, 0.15) is 164 Å². The number of aryl methyl sites for hydroxylation is 1. The van der Waals surface area contributed by atoms with E-state index in [1.807, 2.05) is 0 Å². The Hall–Kier alpha value is -4.10. The van der Waals surface area contributed by atoms with Crippen molar-refractivity contribution in [3.63, 3.8) is 0 Å². The highest BCUT2D eigenvalue weighted by Gasteiger charge is 2.27. The summed E-state index contributed by atoms with van der Waals surface area (Å²) in [4.78, 5) is 0. The summed E-state index contributed by atoms with van der Waals surface area (Å²) in [6.45, 7) is 44.5. The van der Waals surface area contributed by atoms with Crippen molar-refractivity contribution in [3.8, 4) is 27.9 Å². The van der Waals surface area contributed by atoms with E-state index < -0.39 is 0 Å². The van der Waals surface area contributed by atoms with Gasteiger partial charge in [-0.05, 0) is 125 Å². The summed E-state index contributed by atoms with van der Waals surface area (Å²) in [5.41, 5.74) is 18.6. The van der Waals surface area contributed by atoms with E-state index in [4.69, 9.17) is 0 Å². The first-order chi connectivity index (χ1) is 25.5. The first-order valence-electron chi connectivity index (χ1n) is 21.0. The largest absolute Gasteiger partial charge is 0.309 e. The van der Waals surface area contributed by atoms with Gasteiger partial charge in [-0.2, -0.15) is 0 Å². The van der Waals surface area contributed by atoms with E-state index in [1.54, 1.807) is 0 Å². The molecule has 5 aromatic carbocycles. The van der Waals surface area contributed by atoms with E-state index in [9.17, 15) is 0 Å². The summed E-state index contributed by atoms with van der Waals surface area (Å²) >= 11 is 0. The van der Waals surface area contributed by atoms with Crippen molar-refractivity contribution in [2.45, 2.75) is 164 Å². The van der Waals surface area contributed by atoms with Crippen LogP contribution < -0.4 is 0 Å².